The van der Waals surface area contributed by atoms with E-state index in [0.29, 0.717) is 6.04 Å². The molecule has 0 aromatic heterocycles. The van der Waals surface area contributed by atoms with E-state index >= 15 is 0 Å². The molecule has 0 radical (unpaired) electrons. The molecule has 6 nitrogen and oxygen atoms in total. The van der Waals surface area contributed by atoms with E-state index < -0.39 is 0 Å². The Labute approximate surface area is 164 Å². The van der Waals surface area contributed by atoms with Gasteiger partial charge in [-0.2, -0.15) is 0 Å². The van der Waals surface area contributed by atoms with Crippen LogP contribution in [0.4, 0.5) is 4.79 Å². The maximum Gasteiger partial charge on any atom is 0.410 e. The minimum atomic E-state index is -0.387. The fourth-order valence-electron chi connectivity index (χ4n) is 3.19. The van der Waals surface area contributed by atoms with Crippen molar-refractivity contribution in [3.05, 3.63) is 35.9 Å². The van der Waals surface area contributed by atoms with Crippen molar-refractivity contribution in [3.8, 4) is 0 Å². The number of ether oxygens (including phenoxy) is 1. The lowest BCUT2D eigenvalue weighted by molar-refractivity contribution is 0.0229. The van der Waals surface area contributed by atoms with Gasteiger partial charge in [-0.3, -0.25) is 4.90 Å². The van der Waals surface area contributed by atoms with Crippen LogP contribution in [0.15, 0.2) is 30.3 Å². The zero-order valence-electron chi connectivity index (χ0n) is 17.3. The highest BCUT2D eigenvalue weighted by molar-refractivity contribution is 5.68. The minimum absolute atomic E-state index is 0.200. The van der Waals surface area contributed by atoms with E-state index in [1.165, 1.54) is 5.56 Å². The quantitative estimate of drug-likeness (QED) is 0.831. The maximum atomic E-state index is 11.5. The molecule has 2 saturated heterocycles. The standard InChI is InChI=1S/C12H18N2.C9H18N2O2/c1-11(12-5-3-2-4-6-12)14-9-7-13-8-10-14;1-9(2,3)13-8(12)11-6-4-10-5-7-11/h2-6,11,13H,7-10H2,1H3;10H,4-7H2,1-3H3. The Morgan fingerprint density at radius 3 is 2.00 bits per heavy atom. The first kappa shape index (κ1) is 21.7. The van der Waals surface area contributed by atoms with Crippen LogP contribution in [-0.4, -0.2) is 73.9 Å². The summed E-state index contributed by atoms with van der Waals surface area (Å²) in [6.45, 7) is 15.7. The third kappa shape index (κ3) is 7.87. The number of nitrogens with zero attached hydrogens (tertiary/aromatic N) is 2. The van der Waals surface area contributed by atoms with Crippen LogP contribution in [0.25, 0.3) is 0 Å². The van der Waals surface area contributed by atoms with Crippen molar-refractivity contribution < 1.29 is 9.53 Å². The summed E-state index contributed by atoms with van der Waals surface area (Å²) in [6.07, 6.45) is -0.200. The summed E-state index contributed by atoms with van der Waals surface area (Å²) in [5.41, 5.74) is 1.04. The normalized spacial score (nSPS) is 19.6. The van der Waals surface area contributed by atoms with Crippen molar-refractivity contribution >= 4 is 6.09 Å². The molecule has 1 aromatic carbocycles. The van der Waals surface area contributed by atoms with E-state index in [2.05, 4.69) is 52.8 Å². The molecular weight excluding hydrogens is 340 g/mol. The van der Waals surface area contributed by atoms with Gasteiger partial charge in [-0.05, 0) is 33.3 Å². The van der Waals surface area contributed by atoms with Gasteiger partial charge >= 0.3 is 6.09 Å². The molecule has 27 heavy (non-hydrogen) atoms. The fraction of sp³-hybridized carbons (Fsp3) is 0.667. The molecule has 1 amide bonds. The van der Waals surface area contributed by atoms with E-state index in [0.717, 1.165) is 52.4 Å². The smallest absolute Gasteiger partial charge is 0.410 e. The molecule has 1 atom stereocenters. The van der Waals surface area contributed by atoms with Gasteiger partial charge in [-0.1, -0.05) is 30.3 Å². The van der Waals surface area contributed by atoms with E-state index in [4.69, 9.17) is 4.74 Å². The second-order valence-corrected chi connectivity index (χ2v) is 8.09. The van der Waals surface area contributed by atoms with Crippen LogP contribution < -0.4 is 10.6 Å². The molecule has 3 rings (SSSR count). The number of benzene rings is 1. The first-order valence-corrected chi connectivity index (χ1v) is 10.1. The second-order valence-electron chi connectivity index (χ2n) is 8.09. The lowest BCUT2D eigenvalue weighted by Crippen LogP contribution is -2.48. The Balaban J connectivity index is 0.000000194. The van der Waals surface area contributed by atoms with Crippen molar-refractivity contribution in [3.63, 3.8) is 0 Å². The molecule has 2 aliphatic heterocycles. The highest BCUT2D eigenvalue weighted by Gasteiger charge is 2.22. The average Bonchev–Trinajstić information content (AvgIpc) is 2.69. The van der Waals surface area contributed by atoms with Gasteiger partial charge in [-0.15, -0.1) is 0 Å². The van der Waals surface area contributed by atoms with Gasteiger partial charge in [0.05, 0.1) is 0 Å². The highest BCUT2D eigenvalue weighted by atomic mass is 16.6. The van der Waals surface area contributed by atoms with Gasteiger partial charge in [-0.25, -0.2) is 4.79 Å². The summed E-state index contributed by atoms with van der Waals surface area (Å²) in [6, 6.07) is 11.3. The van der Waals surface area contributed by atoms with Crippen molar-refractivity contribution in [2.24, 2.45) is 0 Å². The van der Waals surface area contributed by atoms with Gasteiger partial charge in [0.2, 0.25) is 0 Å². The van der Waals surface area contributed by atoms with Gasteiger partial charge in [0.25, 0.3) is 0 Å². The summed E-state index contributed by atoms with van der Waals surface area (Å²) in [5.74, 6) is 0. The molecule has 6 heteroatoms. The molecule has 1 unspecified atom stereocenters. The van der Waals surface area contributed by atoms with Gasteiger partial charge in [0.1, 0.15) is 5.60 Å². The number of carbonyl (C=O) groups excluding carboxylic acids is 1. The topological polar surface area (TPSA) is 56.8 Å². The number of hydrogen-bond donors (Lipinski definition) is 2. The number of carbonyl (C=O) groups is 1. The monoisotopic (exact) mass is 376 g/mol. The van der Waals surface area contributed by atoms with Crippen LogP contribution in [0.3, 0.4) is 0 Å². The van der Waals surface area contributed by atoms with Crippen LogP contribution in [0, 0.1) is 0 Å². The van der Waals surface area contributed by atoms with E-state index in [1.807, 2.05) is 20.8 Å². The molecule has 2 fully saturated rings. The maximum absolute atomic E-state index is 11.5. The summed E-state index contributed by atoms with van der Waals surface area (Å²) in [4.78, 5) is 15.8. The Morgan fingerprint density at radius 2 is 1.48 bits per heavy atom. The lowest BCUT2D eigenvalue weighted by Gasteiger charge is -2.33. The van der Waals surface area contributed by atoms with Crippen molar-refractivity contribution in [1.29, 1.82) is 0 Å². The summed E-state index contributed by atoms with van der Waals surface area (Å²) in [5, 5.41) is 6.56. The molecule has 0 spiro atoms. The van der Waals surface area contributed by atoms with E-state index in [-0.39, 0.29) is 11.7 Å². The Morgan fingerprint density at radius 1 is 0.963 bits per heavy atom. The zero-order chi connectivity index (χ0) is 19.7. The third-order valence-electron chi connectivity index (χ3n) is 4.75. The van der Waals surface area contributed by atoms with Crippen LogP contribution in [-0.2, 0) is 4.74 Å². The Bertz CT molecular complexity index is 547. The second kappa shape index (κ2) is 10.6. The number of hydrogen-bond acceptors (Lipinski definition) is 5. The third-order valence-corrected chi connectivity index (χ3v) is 4.75. The Hall–Kier alpha value is -1.63. The highest BCUT2D eigenvalue weighted by Crippen LogP contribution is 2.19. The van der Waals surface area contributed by atoms with Gasteiger partial charge in [0, 0.05) is 58.4 Å². The van der Waals surface area contributed by atoms with Gasteiger partial charge in [0.15, 0.2) is 0 Å². The predicted molar refractivity (Wildman–Crippen MR) is 110 cm³/mol. The van der Waals surface area contributed by atoms with Crippen molar-refractivity contribution in [1.82, 2.24) is 20.4 Å². The van der Waals surface area contributed by atoms with Crippen LogP contribution in [0.1, 0.15) is 39.3 Å². The van der Waals surface area contributed by atoms with Crippen LogP contribution in [0.5, 0.6) is 0 Å². The molecule has 0 aliphatic carbocycles. The first-order chi connectivity index (χ1) is 12.9. The minimum Gasteiger partial charge on any atom is -0.444 e. The van der Waals surface area contributed by atoms with Crippen molar-refractivity contribution in [2.75, 3.05) is 52.4 Å². The predicted octanol–water partition coefficient (Wildman–Crippen LogP) is 2.48. The molecule has 2 heterocycles. The SMILES string of the molecule is CC(C)(C)OC(=O)N1CCNCC1.CC(c1ccccc1)N1CCNCC1. The largest absolute Gasteiger partial charge is 0.444 e. The molecule has 152 valence electrons. The lowest BCUT2D eigenvalue weighted by atomic mass is 10.1. The van der Waals surface area contributed by atoms with Gasteiger partial charge < -0.3 is 20.3 Å². The van der Waals surface area contributed by atoms with Crippen LogP contribution >= 0.6 is 0 Å². The number of nitrogens with one attached hydrogen (secondary N) is 2. The molecule has 2 N–H and O–H groups in total. The summed E-state index contributed by atoms with van der Waals surface area (Å²) in [7, 11) is 0. The summed E-state index contributed by atoms with van der Waals surface area (Å²) >= 11 is 0. The molecule has 1 aromatic rings. The average molecular weight is 377 g/mol. The number of amides is 1. The number of rotatable bonds is 2. The Kier molecular flexibility index (Phi) is 8.54. The molecule has 0 bridgehead atoms. The molecule has 2 aliphatic rings. The first-order valence-electron chi connectivity index (χ1n) is 10.1. The molecular formula is C21H36N4O2. The summed E-state index contributed by atoms with van der Waals surface area (Å²) < 4.78 is 5.24. The van der Waals surface area contributed by atoms with Crippen LogP contribution in [0.2, 0.25) is 0 Å². The van der Waals surface area contributed by atoms with Crippen molar-refractivity contribution in [2.45, 2.75) is 39.3 Å². The zero-order valence-corrected chi connectivity index (χ0v) is 17.3. The fourth-order valence-corrected chi connectivity index (χ4v) is 3.19. The molecule has 0 saturated carbocycles. The van der Waals surface area contributed by atoms with E-state index in [9.17, 15) is 4.79 Å². The van der Waals surface area contributed by atoms with E-state index in [1.54, 1.807) is 4.90 Å². The number of piperazine rings is 2.